The zero-order chi connectivity index (χ0) is 18.1. The van der Waals surface area contributed by atoms with Crippen molar-refractivity contribution >= 4 is 11.9 Å². The summed E-state index contributed by atoms with van der Waals surface area (Å²) < 4.78 is 10.1. The van der Waals surface area contributed by atoms with Gasteiger partial charge in [0.2, 0.25) is 5.91 Å². The number of amides is 1. The van der Waals surface area contributed by atoms with Gasteiger partial charge in [0.1, 0.15) is 12.4 Å². The summed E-state index contributed by atoms with van der Waals surface area (Å²) in [6.07, 6.45) is 7.47. The monoisotopic (exact) mass is 343 g/mol. The van der Waals surface area contributed by atoms with Crippen LogP contribution in [0.25, 0.3) is 0 Å². The molecule has 1 aliphatic heterocycles. The van der Waals surface area contributed by atoms with Gasteiger partial charge in [0.25, 0.3) is 0 Å². The van der Waals surface area contributed by atoms with Gasteiger partial charge in [-0.1, -0.05) is 0 Å². The van der Waals surface area contributed by atoms with Crippen LogP contribution < -0.4 is 10.1 Å². The van der Waals surface area contributed by atoms with Crippen LogP contribution in [0.1, 0.15) is 36.0 Å². The summed E-state index contributed by atoms with van der Waals surface area (Å²) in [5.74, 6) is 2.71. The molecule has 0 saturated heterocycles. The summed E-state index contributed by atoms with van der Waals surface area (Å²) in [6, 6.07) is 6.61. The first kappa shape index (κ1) is 18.5. The quantitative estimate of drug-likeness (QED) is 0.401. The van der Waals surface area contributed by atoms with Crippen molar-refractivity contribution in [1.82, 2.24) is 5.32 Å². The second-order valence-corrected chi connectivity index (χ2v) is 5.60. The Balaban J connectivity index is 1.60. The van der Waals surface area contributed by atoms with E-state index >= 15 is 0 Å². The van der Waals surface area contributed by atoms with Crippen LogP contribution in [0.4, 0.5) is 0 Å². The molecule has 0 radical (unpaired) electrons. The molecule has 1 aliphatic rings. The molecule has 0 atom stereocenters. The van der Waals surface area contributed by atoms with Crippen molar-refractivity contribution in [3.8, 4) is 18.1 Å². The van der Waals surface area contributed by atoms with Crippen LogP contribution in [-0.2, 0) is 9.53 Å². The molecule has 0 saturated carbocycles. The summed E-state index contributed by atoms with van der Waals surface area (Å²) >= 11 is 0. The molecule has 2 rings (SSSR count). The number of carbonyl (C=O) groups is 2. The third kappa shape index (κ3) is 5.92. The van der Waals surface area contributed by atoms with E-state index in [9.17, 15) is 9.59 Å². The van der Waals surface area contributed by atoms with Crippen LogP contribution in [0.2, 0.25) is 0 Å². The molecular formula is C18H21N3O4. The zero-order valence-corrected chi connectivity index (χ0v) is 14.2. The van der Waals surface area contributed by atoms with Crippen molar-refractivity contribution in [2.24, 2.45) is 10.2 Å². The lowest BCUT2D eigenvalue weighted by Crippen LogP contribution is -2.29. The number of hydrogen-bond donors (Lipinski definition) is 1. The molecule has 1 heterocycles. The number of esters is 1. The highest BCUT2D eigenvalue weighted by Gasteiger charge is 2.39. The van der Waals surface area contributed by atoms with Gasteiger partial charge in [-0.25, -0.2) is 4.79 Å². The molecule has 25 heavy (non-hydrogen) atoms. The van der Waals surface area contributed by atoms with Crippen molar-refractivity contribution in [2.45, 2.75) is 31.3 Å². The Morgan fingerprint density at radius 1 is 1.24 bits per heavy atom. The molecule has 0 bridgehead atoms. The summed E-state index contributed by atoms with van der Waals surface area (Å²) in [4.78, 5) is 23.1. The molecule has 1 aromatic rings. The lowest BCUT2D eigenvalue weighted by Gasteiger charge is -2.10. The molecule has 0 fully saturated rings. The van der Waals surface area contributed by atoms with Crippen LogP contribution in [0.3, 0.4) is 0 Å². The third-order valence-corrected chi connectivity index (χ3v) is 3.77. The number of methoxy groups -OCH3 is 1. The zero-order valence-electron chi connectivity index (χ0n) is 14.2. The SMILES string of the molecule is C#CCCC1(CCC(=O)NCCOc2ccc(C(=O)OC)cc2)N=N1. The van der Waals surface area contributed by atoms with E-state index in [0.29, 0.717) is 50.1 Å². The fourth-order valence-electron chi connectivity index (χ4n) is 2.23. The topological polar surface area (TPSA) is 89.3 Å². The average Bonchev–Trinajstić information content (AvgIpc) is 3.42. The first-order chi connectivity index (χ1) is 12.1. The van der Waals surface area contributed by atoms with E-state index in [1.807, 2.05) is 0 Å². The lowest BCUT2D eigenvalue weighted by atomic mass is 10.0. The van der Waals surface area contributed by atoms with Gasteiger partial charge in [-0.05, 0) is 24.3 Å². The molecule has 1 amide bonds. The number of ether oxygens (including phenoxy) is 2. The molecule has 0 aromatic heterocycles. The molecule has 0 spiro atoms. The van der Waals surface area contributed by atoms with E-state index in [-0.39, 0.29) is 5.91 Å². The molecule has 1 aromatic carbocycles. The standard InChI is InChI=1S/C18H21N3O4/c1-3-4-10-18(20-21-18)11-9-16(22)19-12-13-25-15-7-5-14(6-8-15)17(23)24-2/h1,5-8H,4,9-13H2,2H3,(H,19,22). The van der Waals surface area contributed by atoms with Gasteiger partial charge < -0.3 is 14.8 Å². The Morgan fingerprint density at radius 2 is 1.96 bits per heavy atom. The van der Waals surface area contributed by atoms with Gasteiger partial charge in [-0.3, -0.25) is 4.79 Å². The Labute approximate surface area is 146 Å². The van der Waals surface area contributed by atoms with E-state index in [1.54, 1.807) is 24.3 Å². The van der Waals surface area contributed by atoms with Gasteiger partial charge in [0, 0.05) is 25.7 Å². The maximum absolute atomic E-state index is 11.8. The Bertz CT molecular complexity index is 671. The number of rotatable bonds is 10. The van der Waals surface area contributed by atoms with Gasteiger partial charge in [0.15, 0.2) is 5.66 Å². The van der Waals surface area contributed by atoms with E-state index in [2.05, 4.69) is 26.2 Å². The first-order valence-corrected chi connectivity index (χ1v) is 8.04. The Kier molecular flexibility index (Phi) is 6.52. The largest absolute Gasteiger partial charge is 0.492 e. The Morgan fingerprint density at radius 3 is 2.56 bits per heavy atom. The van der Waals surface area contributed by atoms with Gasteiger partial charge in [0.05, 0.1) is 19.2 Å². The first-order valence-electron chi connectivity index (χ1n) is 8.04. The summed E-state index contributed by atoms with van der Waals surface area (Å²) in [5.41, 5.74) is 0.0273. The molecular weight excluding hydrogens is 322 g/mol. The molecule has 7 nitrogen and oxygen atoms in total. The number of nitrogens with zero attached hydrogens (tertiary/aromatic N) is 2. The number of hydrogen-bond acceptors (Lipinski definition) is 6. The highest BCUT2D eigenvalue weighted by molar-refractivity contribution is 5.89. The van der Waals surface area contributed by atoms with Crippen molar-refractivity contribution in [3.63, 3.8) is 0 Å². The normalized spacial score (nSPS) is 13.6. The minimum absolute atomic E-state index is 0.0676. The second kappa shape index (κ2) is 8.83. The van der Waals surface area contributed by atoms with E-state index in [0.717, 1.165) is 0 Å². The van der Waals surface area contributed by atoms with Crippen molar-refractivity contribution in [1.29, 1.82) is 0 Å². The molecule has 0 unspecified atom stereocenters. The van der Waals surface area contributed by atoms with Crippen molar-refractivity contribution < 1.29 is 19.1 Å². The maximum Gasteiger partial charge on any atom is 0.337 e. The molecule has 0 aliphatic carbocycles. The fraction of sp³-hybridized carbons (Fsp3) is 0.444. The third-order valence-electron chi connectivity index (χ3n) is 3.77. The van der Waals surface area contributed by atoms with Gasteiger partial charge in [-0.2, -0.15) is 10.2 Å². The number of benzene rings is 1. The molecule has 7 heteroatoms. The predicted octanol–water partition coefficient (Wildman–Crippen LogP) is 2.32. The van der Waals surface area contributed by atoms with Crippen LogP contribution in [0.5, 0.6) is 5.75 Å². The fourth-order valence-corrected chi connectivity index (χ4v) is 2.23. The van der Waals surface area contributed by atoms with E-state index < -0.39 is 11.6 Å². The number of terminal acetylenes is 1. The lowest BCUT2D eigenvalue weighted by molar-refractivity contribution is -0.121. The summed E-state index contributed by atoms with van der Waals surface area (Å²) in [7, 11) is 1.33. The highest BCUT2D eigenvalue weighted by Crippen LogP contribution is 2.37. The molecule has 132 valence electrons. The predicted molar refractivity (Wildman–Crippen MR) is 91.2 cm³/mol. The van der Waals surface area contributed by atoms with Crippen molar-refractivity contribution in [2.75, 3.05) is 20.3 Å². The number of carbonyl (C=O) groups excluding carboxylic acids is 2. The van der Waals surface area contributed by atoms with Crippen LogP contribution in [0, 0.1) is 12.3 Å². The van der Waals surface area contributed by atoms with E-state index in [4.69, 9.17) is 11.2 Å². The van der Waals surface area contributed by atoms with Crippen LogP contribution >= 0.6 is 0 Å². The van der Waals surface area contributed by atoms with Gasteiger partial charge in [-0.15, -0.1) is 12.3 Å². The summed E-state index contributed by atoms with van der Waals surface area (Å²) in [5, 5.41) is 10.8. The van der Waals surface area contributed by atoms with E-state index in [1.165, 1.54) is 7.11 Å². The van der Waals surface area contributed by atoms with Crippen LogP contribution in [-0.4, -0.2) is 37.8 Å². The second-order valence-electron chi connectivity index (χ2n) is 5.60. The minimum atomic E-state index is -0.429. The van der Waals surface area contributed by atoms with Crippen LogP contribution in [0.15, 0.2) is 34.5 Å². The minimum Gasteiger partial charge on any atom is -0.492 e. The van der Waals surface area contributed by atoms with Crippen molar-refractivity contribution in [3.05, 3.63) is 29.8 Å². The molecule has 1 N–H and O–H groups in total. The highest BCUT2D eigenvalue weighted by atomic mass is 16.5. The summed E-state index contributed by atoms with van der Waals surface area (Å²) in [6.45, 7) is 0.726. The average molecular weight is 343 g/mol. The number of nitrogens with one attached hydrogen (secondary N) is 1. The maximum atomic E-state index is 11.8. The smallest absolute Gasteiger partial charge is 0.337 e. The van der Waals surface area contributed by atoms with Gasteiger partial charge >= 0.3 is 5.97 Å². The Hall–Kier alpha value is -2.88.